The molecule has 3 rings (SSSR count). The SMILES string of the molecule is CCc1nc2ccccn2c(=O)c1-c1ccc(C#N)cc1. The van der Waals surface area contributed by atoms with E-state index in [0.29, 0.717) is 23.2 Å². The first kappa shape index (κ1) is 13.1. The molecule has 0 bridgehead atoms. The first-order valence-electron chi connectivity index (χ1n) is 6.75. The Hall–Kier alpha value is -2.93. The Morgan fingerprint density at radius 2 is 1.95 bits per heavy atom. The fraction of sp³-hybridized carbons (Fsp3) is 0.118. The van der Waals surface area contributed by atoms with Crippen LogP contribution in [-0.2, 0) is 6.42 Å². The summed E-state index contributed by atoms with van der Waals surface area (Å²) in [5, 5.41) is 8.87. The Labute approximate surface area is 121 Å². The molecule has 0 saturated carbocycles. The molecule has 0 atom stereocenters. The highest BCUT2D eigenvalue weighted by molar-refractivity contribution is 5.67. The molecule has 4 nitrogen and oxygen atoms in total. The maximum Gasteiger partial charge on any atom is 0.265 e. The monoisotopic (exact) mass is 275 g/mol. The van der Waals surface area contributed by atoms with Gasteiger partial charge in [-0.2, -0.15) is 5.26 Å². The molecule has 0 amide bonds. The average Bonchev–Trinajstić information content (AvgIpc) is 2.55. The normalized spacial score (nSPS) is 10.5. The van der Waals surface area contributed by atoms with Crippen LogP contribution in [0.4, 0.5) is 0 Å². The topological polar surface area (TPSA) is 58.2 Å². The number of aryl methyl sites for hydroxylation is 1. The molecule has 0 aliphatic rings. The van der Waals surface area contributed by atoms with E-state index < -0.39 is 0 Å². The van der Waals surface area contributed by atoms with Gasteiger partial charge in [-0.15, -0.1) is 0 Å². The lowest BCUT2D eigenvalue weighted by atomic mass is 10.0. The van der Waals surface area contributed by atoms with Gasteiger partial charge in [-0.25, -0.2) is 4.98 Å². The largest absolute Gasteiger partial charge is 0.268 e. The fourth-order valence-electron chi connectivity index (χ4n) is 2.39. The minimum absolute atomic E-state index is 0.0813. The van der Waals surface area contributed by atoms with Crippen LogP contribution in [0.3, 0.4) is 0 Å². The van der Waals surface area contributed by atoms with Crippen molar-refractivity contribution < 1.29 is 0 Å². The van der Waals surface area contributed by atoms with Crippen LogP contribution in [0.5, 0.6) is 0 Å². The van der Waals surface area contributed by atoms with Gasteiger partial charge in [0.25, 0.3) is 5.56 Å². The molecule has 1 aromatic carbocycles. The Bertz CT molecular complexity index is 902. The molecule has 0 radical (unpaired) electrons. The summed E-state index contributed by atoms with van der Waals surface area (Å²) in [6.45, 7) is 1.98. The smallest absolute Gasteiger partial charge is 0.265 e. The van der Waals surface area contributed by atoms with Gasteiger partial charge in [-0.3, -0.25) is 9.20 Å². The Balaban J connectivity index is 2.32. The van der Waals surface area contributed by atoms with E-state index in [1.807, 2.05) is 25.1 Å². The van der Waals surface area contributed by atoms with Crippen molar-refractivity contribution in [2.45, 2.75) is 13.3 Å². The van der Waals surface area contributed by atoms with Crippen LogP contribution >= 0.6 is 0 Å². The van der Waals surface area contributed by atoms with Gasteiger partial charge in [-0.1, -0.05) is 25.1 Å². The van der Waals surface area contributed by atoms with Crippen LogP contribution in [0.15, 0.2) is 53.5 Å². The zero-order valence-corrected chi connectivity index (χ0v) is 11.6. The fourth-order valence-corrected chi connectivity index (χ4v) is 2.39. The molecule has 0 aliphatic heterocycles. The third kappa shape index (κ3) is 2.19. The van der Waals surface area contributed by atoms with E-state index in [-0.39, 0.29) is 5.56 Å². The van der Waals surface area contributed by atoms with Gasteiger partial charge < -0.3 is 0 Å². The minimum Gasteiger partial charge on any atom is -0.268 e. The van der Waals surface area contributed by atoms with Crippen molar-refractivity contribution in [2.24, 2.45) is 0 Å². The molecule has 2 aromatic heterocycles. The maximum atomic E-state index is 12.7. The Kier molecular flexibility index (Phi) is 3.25. The van der Waals surface area contributed by atoms with E-state index in [9.17, 15) is 4.79 Å². The zero-order chi connectivity index (χ0) is 14.8. The number of aromatic nitrogens is 2. The van der Waals surface area contributed by atoms with E-state index in [4.69, 9.17) is 5.26 Å². The van der Waals surface area contributed by atoms with E-state index in [1.165, 1.54) is 0 Å². The van der Waals surface area contributed by atoms with Crippen molar-refractivity contribution in [3.8, 4) is 17.2 Å². The van der Waals surface area contributed by atoms with Crippen molar-refractivity contribution in [2.75, 3.05) is 0 Å². The lowest BCUT2D eigenvalue weighted by Gasteiger charge is -2.09. The number of benzene rings is 1. The second kappa shape index (κ2) is 5.22. The zero-order valence-electron chi connectivity index (χ0n) is 11.6. The highest BCUT2D eigenvalue weighted by Crippen LogP contribution is 2.20. The predicted molar refractivity (Wildman–Crippen MR) is 81.0 cm³/mol. The van der Waals surface area contributed by atoms with Crippen LogP contribution in [-0.4, -0.2) is 9.38 Å². The summed E-state index contributed by atoms with van der Waals surface area (Å²) in [5.74, 6) is 0. The van der Waals surface area contributed by atoms with Gasteiger partial charge in [0, 0.05) is 6.20 Å². The molecule has 0 aliphatic carbocycles. The van der Waals surface area contributed by atoms with Crippen molar-refractivity contribution in [3.05, 3.63) is 70.3 Å². The summed E-state index contributed by atoms with van der Waals surface area (Å²) in [6, 6.07) is 14.6. The van der Waals surface area contributed by atoms with Gasteiger partial charge in [0.1, 0.15) is 5.65 Å². The summed E-state index contributed by atoms with van der Waals surface area (Å²) >= 11 is 0. The molecule has 21 heavy (non-hydrogen) atoms. The molecule has 0 saturated heterocycles. The van der Waals surface area contributed by atoms with Crippen LogP contribution in [0, 0.1) is 11.3 Å². The molecule has 0 N–H and O–H groups in total. The molecule has 3 aromatic rings. The Morgan fingerprint density at radius 3 is 2.62 bits per heavy atom. The predicted octanol–water partition coefficient (Wildman–Crippen LogP) is 2.80. The van der Waals surface area contributed by atoms with E-state index in [1.54, 1.807) is 34.9 Å². The van der Waals surface area contributed by atoms with E-state index in [0.717, 1.165) is 11.3 Å². The third-order valence-corrected chi connectivity index (χ3v) is 3.45. The van der Waals surface area contributed by atoms with Gasteiger partial charge in [0.2, 0.25) is 0 Å². The standard InChI is InChI=1S/C17H13N3O/c1-2-14-16(13-8-6-12(11-18)7-9-13)17(21)20-10-4-3-5-15(20)19-14/h3-10H,2H2,1H3. The molecular formula is C17H13N3O. The van der Waals surface area contributed by atoms with Crippen molar-refractivity contribution in [1.29, 1.82) is 5.26 Å². The molecule has 102 valence electrons. The number of rotatable bonds is 2. The highest BCUT2D eigenvalue weighted by Gasteiger charge is 2.13. The second-order valence-corrected chi connectivity index (χ2v) is 4.71. The molecule has 2 heterocycles. The number of hydrogen-bond acceptors (Lipinski definition) is 3. The summed E-state index contributed by atoms with van der Waals surface area (Å²) in [5.41, 5.74) is 3.31. The van der Waals surface area contributed by atoms with Crippen molar-refractivity contribution in [3.63, 3.8) is 0 Å². The van der Waals surface area contributed by atoms with Crippen LogP contribution in [0.1, 0.15) is 18.2 Å². The van der Waals surface area contributed by atoms with Gasteiger partial charge in [0.05, 0.1) is 22.9 Å². The second-order valence-electron chi connectivity index (χ2n) is 4.71. The quantitative estimate of drug-likeness (QED) is 0.722. The van der Waals surface area contributed by atoms with Crippen LogP contribution in [0.25, 0.3) is 16.8 Å². The molecular weight excluding hydrogens is 262 g/mol. The maximum absolute atomic E-state index is 12.7. The summed E-state index contributed by atoms with van der Waals surface area (Å²) in [6.07, 6.45) is 2.40. The van der Waals surface area contributed by atoms with E-state index >= 15 is 0 Å². The summed E-state index contributed by atoms with van der Waals surface area (Å²) in [7, 11) is 0. The molecule has 4 heteroatoms. The average molecular weight is 275 g/mol. The van der Waals surface area contributed by atoms with Gasteiger partial charge in [-0.05, 0) is 36.2 Å². The first-order chi connectivity index (χ1) is 10.2. The number of fused-ring (bicyclic) bond motifs is 1. The molecule has 0 fully saturated rings. The minimum atomic E-state index is -0.0813. The lowest BCUT2D eigenvalue weighted by molar-refractivity contribution is 0.971. The number of hydrogen-bond donors (Lipinski definition) is 0. The first-order valence-corrected chi connectivity index (χ1v) is 6.75. The number of nitriles is 1. The van der Waals surface area contributed by atoms with E-state index in [2.05, 4.69) is 11.1 Å². The third-order valence-electron chi connectivity index (χ3n) is 3.45. The Morgan fingerprint density at radius 1 is 1.19 bits per heavy atom. The number of nitrogens with zero attached hydrogens (tertiary/aromatic N) is 3. The van der Waals surface area contributed by atoms with Crippen LogP contribution in [0.2, 0.25) is 0 Å². The van der Waals surface area contributed by atoms with Crippen molar-refractivity contribution >= 4 is 5.65 Å². The van der Waals surface area contributed by atoms with Gasteiger partial charge in [0.15, 0.2) is 0 Å². The lowest BCUT2D eigenvalue weighted by Crippen LogP contribution is -2.19. The summed E-state index contributed by atoms with van der Waals surface area (Å²) in [4.78, 5) is 17.3. The highest BCUT2D eigenvalue weighted by atomic mass is 16.1. The molecule has 0 unspecified atom stereocenters. The van der Waals surface area contributed by atoms with Gasteiger partial charge >= 0.3 is 0 Å². The van der Waals surface area contributed by atoms with Crippen LogP contribution < -0.4 is 5.56 Å². The molecule has 0 spiro atoms. The van der Waals surface area contributed by atoms with Crippen molar-refractivity contribution in [1.82, 2.24) is 9.38 Å². The number of pyridine rings is 1. The summed E-state index contributed by atoms with van der Waals surface area (Å²) < 4.78 is 1.55.